The highest BCUT2D eigenvalue weighted by atomic mass is 28.4. The summed E-state index contributed by atoms with van der Waals surface area (Å²) in [6.45, 7) is 15.5. The lowest BCUT2D eigenvalue weighted by Crippen LogP contribution is -2.57. The Morgan fingerprint density at radius 3 is 1.82 bits per heavy atom. The summed E-state index contributed by atoms with van der Waals surface area (Å²) in [4.78, 5) is 0. The maximum atomic E-state index is 3.91. The topological polar surface area (TPSA) is 12.0 Å². The Labute approximate surface area is 73.1 Å². The van der Waals surface area contributed by atoms with Crippen LogP contribution in [0.5, 0.6) is 0 Å². The maximum Gasteiger partial charge on any atom is 0.139 e. The normalized spacial score (nSPS) is 17.5. The molecule has 0 spiro atoms. The molecular formula is C8H21NSi2. The average molecular weight is 187 g/mol. The molecule has 1 atom stereocenters. The van der Waals surface area contributed by atoms with E-state index in [1.54, 1.807) is 0 Å². The predicted octanol–water partition coefficient (Wildman–Crippen LogP) is 2.73. The number of nitrogens with one attached hydrogen (secondary N) is 1. The van der Waals surface area contributed by atoms with Gasteiger partial charge in [0.05, 0.1) is 0 Å². The molecule has 1 nitrogen and oxygen atoms in total. The number of hydrogen-bond donors (Lipinski definition) is 1. The van der Waals surface area contributed by atoms with Gasteiger partial charge in [-0.05, 0) is 6.04 Å². The minimum atomic E-state index is -1.26. The highest BCUT2D eigenvalue weighted by molar-refractivity contribution is 6.93. The summed E-state index contributed by atoms with van der Waals surface area (Å²) in [5.74, 6) is 0. The second-order valence-corrected chi connectivity index (χ2v) is 13.8. The number of hydrogen-bond acceptors (Lipinski definition) is 1. The van der Waals surface area contributed by atoms with E-state index in [1.165, 1.54) is 6.04 Å². The first-order valence-corrected chi connectivity index (χ1v) is 10.5. The van der Waals surface area contributed by atoms with E-state index in [2.05, 4.69) is 50.0 Å². The first kappa shape index (κ1) is 11.1. The molecule has 0 aromatic rings. The Morgan fingerprint density at radius 2 is 1.73 bits per heavy atom. The van der Waals surface area contributed by atoms with Gasteiger partial charge in [-0.25, -0.2) is 0 Å². The Bertz CT molecular complexity index is 140. The SMILES string of the molecule is C=C[Si](C)(CC)N[Si](C)(C)C. The van der Waals surface area contributed by atoms with Gasteiger partial charge < -0.3 is 4.65 Å². The van der Waals surface area contributed by atoms with Crippen LogP contribution in [0.3, 0.4) is 0 Å². The fourth-order valence-electron chi connectivity index (χ4n) is 1.14. The fourth-order valence-corrected chi connectivity index (χ4v) is 9.40. The van der Waals surface area contributed by atoms with E-state index in [-0.39, 0.29) is 0 Å². The molecule has 0 rings (SSSR count). The van der Waals surface area contributed by atoms with E-state index >= 15 is 0 Å². The van der Waals surface area contributed by atoms with Crippen LogP contribution in [0.2, 0.25) is 32.2 Å². The minimum absolute atomic E-state index is 1.09. The van der Waals surface area contributed by atoms with Crippen molar-refractivity contribution in [1.29, 1.82) is 0 Å². The molecule has 0 amide bonds. The van der Waals surface area contributed by atoms with E-state index in [0.29, 0.717) is 0 Å². The molecular weight excluding hydrogens is 166 g/mol. The second kappa shape index (κ2) is 3.69. The molecule has 0 radical (unpaired) electrons. The van der Waals surface area contributed by atoms with Crippen LogP contribution in [-0.4, -0.2) is 16.5 Å². The Kier molecular flexibility index (Phi) is 3.74. The third-order valence-electron chi connectivity index (χ3n) is 1.85. The van der Waals surface area contributed by atoms with Gasteiger partial charge >= 0.3 is 0 Å². The quantitative estimate of drug-likeness (QED) is 0.667. The van der Waals surface area contributed by atoms with Crippen LogP contribution < -0.4 is 4.65 Å². The molecule has 0 aromatic heterocycles. The van der Waals surface area contributed by atoms with Gasteiger partial charge in [0.25, 0.3) is 0 Å². The molecule has 1 N–H and O–H groups in total. The van der Waals surface area contributed by atoms with Gasteiger partial charge in [0.15, 0.2) is 0 Å². The zero-order valence-electron chi connectivity index (χ0n) is 8.49. The summed E-state index contributed by atoms with van der Waals surface area (Å²) >= 11 is 0. The third kappa shape index (κ3) is 4.55. The minimum Gasteiger partial charge on any atom is -0.356 e. The summed E-state index contributed by atoms with van der Waals surface area (Å²) in [5.41, 5.74) is 2.16. The van der Waals surface area contributed by atoms with E-state index in [4.69, 9.17) is 0 Å². The lowest BCUT2D eigenvalue weighted by atomic mass is 11.0. The van der Waals surface area contributed by atoms with Gasteiger partial charge in [-0.15, -0.1) is 6.58 Å². The highest BCUT2D eigenvalue weighted by Crippen LogP contribution is 2.10. The summed E-state index contributed by atoms with van der Waals surface area (Å²) in [5, 5.41) is 0. The second-order valence-electron chi connectivity index (χ2n) is 4.35. The first-order valence-electron chi connectivity index (χ1n) is 4.26. The van der Waals surface area contributed by atoms with E-state index < -0.39 is 16.5 Å². The van der Waals surface area contributed by atoms with Crippen molar-refractivity contribution in [2.75, 3.05) is 0 Å². The zero-order valence-corrected chi connectivity index (χ0v) is 10.5. The lowest BCUT2D eigenvalue weighted by molar-refractivity contribution is 1.23. The van der Waals surface area contributed by atoms with Crippen LogP contribution in [0.15, 0.2) is 12.3 Å². The molecule has 0 aliphatic rings. The van der Waals surface area contributed by atoms with Gasteiger partial charge in [0, 0.05) is 0 Å². The van der Waals surface area contributed by atoms with E-state index in [0.717, 1.165) is 0 Å². The zero-order chi connectivity index (χ0) is 9.12. The van der Waals surface area contributed by atoms with Gasteiger partial charge in [-0.3, -0.25) is 0 Å². The monoisotopic (exact) mass is 187 g/mol. The van der Waals surface area contributed by atoms with Crippen LogP contribution in [-0.2, 0) is 0 Å². The standard InChI is InChI=1S/C8H21NSi2/c1-7-11(6,8-2)9-10(3,4)5/h7,9H,1,8H2,2-6H3. The lowest BCUT2D eigenvalue weighted by Gasteiger charge is -2.31. The molecule has 0 saturated carbocycles. The summed E-state index contributed by atoms with van der Waals surface area (Å²) in [6, 6.07) is 1.25. The molecule has 11 heavy (non-hydrogen) atoms. The molecule has 0 aliphatic heterocycles. The van der Waals surface area contributed by atoms with Crippen molar-refractivity contribution in [2.24, 2.45) is 0 Å². The van der Waals surface area contributed by atoms with Crippen LogP contribution in [0.1, 0.15) is 6.92 Å². The van der Waals surface area contributed by atoms with Crippen molar-refractivity contribution >= 4 is 16.5 Å². The predicted molar refractivity (Wildman–Crippen MR) is 58.8 cm³/mol. The van der Waals surface area contributed by atoms with Crippen molar-refractivity contribution < 1.29 is 0 Å². The van der Waals surface area contributed by atoms with Crippen molar-refractivity contribution in [3.8, 4) is 0 Å². The average Bonchev–Trinajstić information content (AvgIpc) is 1.84. The molecule has 3 heteroatoms. The summed E-state index contributed by atoms with van der Waals surface area (Å²) in [6.07, 6.45) is 0. The third-order valence-corrected chi connectivity index (χ3v) is 9.50. The molecule has 0 fully saturated rings. The molecule has 0 aliphatic carbocycles. The largest absolute Gasteiger partial charge is 0.356 e. The van der Waals surface area contributed by atoms with E-state index in [1.807, 2.05) is 0 Å². The Morgan fingerprint density at radius 1 is 1.27 bits per heavy atom. The van der Waals surface area contributed by atoms with Crippen molar-refractivity contribution in [3.63, 3.8) is 0 Å². The summed E-state index contributed by atoms with van der Waals surface area (Å²) < 4.78 is 3.79. The van der Waals surface area contributed by atoms with Crippen molar-refractivity contribution in [2.45, 2.75) is 39.2 Å². The van der Waals surface area contributed by atoms with Crippen LogP contribution >= 0.6 is 0 Å². The highest BCUT2D eigenvalue weighted by Gasteiger charge is 2.27. The summed E-state index contributed by atoms with van der Waals surface area (Å²) in [7, 11) is -2.35. The fraction of sp³-hybridized carbons (Fsp3) is 0.750. The van der Waals surface area contributed by atoms with Gasteiger partial charge in [0.1, 0.15) is 16.5 Å². The smallest absolute Gasteiger partial charge is 0.139 e. The van der Waals surface area contributed by atoms with Gasteiger partial charge in [0.2, 0.25) is 0 Å². The molecule has 0 saturated heterocycles. The van der Waals surface area contributed by atoms with Crippen LogP contribution in [0, 0.1) is 0 Å². The van der Waals surface area contributed by atoms with Crippen LogP contribution in [0.4, 0.5) is 0 Å². The Hall–Kier alpha value is 0.134. The van der Waals surface area contributed by atoms with E-state index in [9.17, 15) is 0 Å². The van der Waals surface area contributed by atoms with Crippen LogP contribution in [0.25, 0.3) is 0 Å². The first-order chi connectivity index (χ1) is 4.83. The molecule has 0 aromatic carbocycles. The van der Waals surface area contributed by atoms with Crippen molar-refractivity contribution in [3.05, 3.63) is 12.3 Å². The van der Waals surface area contributed by atoms with Gasteiger partial charge in [-0.1, -0.05) is 38.8 Å². The van der Waals surface area contributed by atoms with Crippen molar-refractivity contribution in [1.82, 2.24) is 4.65 Å². The molecule has 1 unspecified atom stereocenters. The maximum absolute atomic E-state index is 3.91. The molecule has 0 heterocycles. The molecule has 0 bridgehead atoms. The number of rotatable bonds is 4. The molecule has 66 valence electrons. The Balaban J connectivity index is 4.19. The van der Waals surface area contributed by atoms with Gasteiger partial charge in [-0.2, -0.15) is 0 Å².